The summed E-state index contributed by atoms with van der Waals surface area (Å²) < 4.78 is 26.6. The van der Waals surface area contributed by atoms with Gasteiger partial charge in [0, 0.05) is 6.54 Å². The Bertz CT molecular complexity index is 377. The Hall–Kier alpha value is -1.19. The molecule has 17 heavy (non-hydrogen) atoms. The maximum absolute atomic E-state index is 11.4. The van der Waals surface area contributed by atoms with Gasteiger partial charge in [0.05, 0.1) is 6.42 Å². The Labute approximate surface area is 99.2 Å². The Morgan fingerprint density at radius 1 is 1.24 bits per heavy atom. The van der Waals surface area contributed by atoms with Crippen LogP contribution < -0.4 is 9.44 Å². The molecule has 0 rings (SSSR count). The van der Waals surface area contributed by atoms with Crippen LogP contribution in [0.1, 0.15) is 20.3 Å². The largest absolute Gasteiger partial charge is 0.481 e. The van der Waals surface area contributed by atoms with Gasteiger partial charge in [-0.2, -0.15) is 13.1 Å². The molecule has 4 N–H and O–H groups in total. The first kappa shape index (κ1) is 15.8. The molecule has 0 aromatic carbocycles. The molecule has 0 aliphatic rings. The van der Waals surface area contributed by atoms with Gasteiger partial charge in [0.2, 0.25) is 0 Å². The Morgan fingerprint density at radius 2 is 1.76 bits per heavy atom. The first-order valence-electron chi connectivity index (χ1n) is 4.85. The SMILES string of the molecule is CC(C)CNS(=O)(=O)NC(CC(=O)O)C(=O)O. The van der Waals surface area contributed by atoms with E-state index >= 15 is 0 Å². The molecule has 1 atom stereocenters. The summed E-state index contributed by atoms with van der Waals surface area (Å²) in [4.78, 5) is 21.0. The number of aliphatic carboxylic acids is 2. The van der Waals surface area contributed by atoms with E-state index in [4.69, 9.17) is 10.2 Å². The average Bonchev–Trinajstić information content (AvgIpc) is 2.12. The van der Waals surface area contributed by atoms with E-state index in [-0.39, 0.29) is 12.5 Å². The first-order chi connectivity index (χ1) is 7.64. The third-order valence-electron chi connectivity index (χ3n) is 1.66. The van der Waals surface area contributed by atoms with Crippen molar-refractivity contribution in [2.24, 2.45) is 5.92 Å². The number of carboxylic acids is 2. The van der Waals surface area contributed by atoms with Crippen molar-refractivity contribution in [1.29, 1.82) is 0 Å². The van der Waals surface area contributed by atoms with Gasteiger partial charge >= 0.3 is 11.9 Å². The van der Waals surface area contributed by atoms with Gasteiger partial charge in [0.1, 0.15) is 6.04 Å². The third-order valence-corrected chi connectivity index (χ3v) is 2.80. The van der Waals surface area contributed by atoms with Crippen molar-refractivity contribution in [3.8, 4) is 0 Å². The highest BCUT2D eigenvalue weighted by Crippen LogP contribution is 1.96. The van der Waals surface area contributed by atoms with Crippen molar-refractivity contribution in [3.63, 3.8) is 0 Å². The summed E-state index contributed by atoms with van der Waals surface area (Å²) in [6.07, 6.45) is -0.822. The van der Waals surface area contributed by atoms with Crippen LogP contribution in [-0.4, -0.2) is 43.2 Å². The van der Waals surface area contributed by atoms with Gasteiger partial charge in [-0.05, 0) is 5.92 Å². The molecule has 0 heterocycles. The minimum atomic E-state index is -4.01. The Morgan fingerprint density at radius 3 is 2.12 bits per heavy atom. The molecular formula is C8H16N2O6S. The molecule has 9 heteroatoms. The van der Waals surface area contributed by atoms with E-state index in [0.29, 0.717) is 0 Å². The fourth-order valence-electron chi connectivity index (χ4n) is 0.859. The summed E-state index contributed by atoms with van der Waals surface area (Å²) in [5.74, 6) is -2.89. The molecular weight excluding hydrogens is 252 g/mol. The lowest BCUT2D eigenvalue weighted by Gasteiger charge is -2.14. The second-order valence-electron chi connectivity index (χ2n) is 3.85. The van der Waals surface area contributed by atoms with Crippen LogP contribution in [0.15, 0.2) is 0 Å². The molecule has 0 amide bonds. The lowest BCUT2D eigenvalue weighted by molar-refractivity contribution is -0.145. The average molecular weight is 268 g/mol. The maximum Gasteiger partial charge on any atom is 0.322 e. The first-order valence-corrected chi connectivity index (χ1v) is 6.34. The molecule has 0 fully saturated rings. The highest BCUT2D eigenvalue weighted by molar-refractivity contribution is 7.87. The standard InChI is InChI=1S/C8H16N2O6S/c1-5(2)4-9-17(15,16)10-6(8(13)14)3-7(11)12/h5-6,9-10H,3-4H2,1-2H3,(H,11,12)(H,13,14). The highest BCUT2D eigenvalue weighted by Gasteiger charge is 2.26. The van der Waals surface area contributed by atoms with E-state index < -0.39 is 34.6 Å². The van der Waals surface area contributed by atoms with Gasteiger partial charge in [-0.15, -0.1) is 0 Å². The lowest BCUT2D eigenvalue weighted by atomic mass is 10.2. The normalized spacial score (nSPS) is 13.6. The fourth-order valence-corrected chi connectivity index (χ4v) is 2.05. The van der Waals surface area contributed by atoms with Crippen molar-refractivity contribution in [2.75, 3.05) is 6.54 Å². The van der Waals surface area contributed by atoms with Gasteiger partial charge in [0.25, 0.3) is 10.2 Å². The number of carbonyl (C=O) groups is 2. The maximum atomic E-state index is 11.4. The molecule has 0 spiro atoms. The molecule has 0 radical (unpaired) electrons. The molecule has 0 aliphatic heterocycles. The van der Waals surface area contributed by atoms with Crippen LogP contribution in [0.25, 0.3) is 0 Å². The summed E-state index contributed by atoms with van der Waals surface area (Å²) in [6, 6.07) is -1.68. The quantitative estimate of drug-likeness (QED) is 0.446. The van der Waals surface area contributed by atoms with Crippen molar-refractivity contribution < 1.29 is 28.2 Å². The van der Waals surface area contributed by atoms with Crippen molar-refractivity contribution >= 4 is 22.1 Å². The van der Waals surface area contributed by atoms with Crippen LogP contribution in [0.2, 0.25) is 0 Å². The van der Waals surface area contributed by atoms with Gasteiger partial charge in [0.15, 0.2) is 0 Å². The molecule has 0 aromatic heterocycles. The molecule has 0 aliphatic carbocycles. The van der Waals surface area contributed by atoms with Crippen LogP contribution in [0, 0.1) is 5.92 Å². The van der Waals surface area contributed by atoms with Crippen LogP contribution >= 0.6 is 0 Å². The van der Waals surface area contributed by atoms with Gasteiger partial charge < -0.3 is 10.2 Å². The molecule has 1 unspecified atom stereocenters. The zero-order chi connectivity index (χ0) is 13.6. The minimum Gasteiger partial charge on any atom is -0.481 e. The van der Waals surface area contributed by atoms with Gasteiger partial charge in [-0.1, -0.05) is 13.8 Å². The van der Waals surface area contributed by atoms with Crippen LogP contribution in [0.3, 0.4) is 0 Å². The van der Waals surface area contributed by atoms with Gasteiger partial charge in [-0.25, -0.2) is 4.72 Å². The second-order valence-corrected chi connectivity index (χ2v) is 5.38. The topological polar surface area (TPSA) is 133 Å². The fraction of sp³-hybridized carbons (Fsp3) is 0.750. The summed E-state index contributed by atoms with van der Waals surface area (Å²) in [5, 5.41) is 17.1. The summed E-state index contributed by atoms with van der Waals surface area (Å²) in [5.41, 5.74) is 0. The number of nitrogens with one attached hydrogen (secondary N) is 2. The van der Waals surface area contributed by atoms with Crippen molar-refractivity contribution in [3.05, 3.63) is 0 Å². The van der Waals surface area contributed by atoms with Crippen molar-refractivity contribution in [1.82, 2.24) is 9.44 Å². The molecule has 0 saturated carbocycles. The molecule has 100 valence electrons. The zero-order valence-corrected chi connectivity index (χ0v) is 10.3. The van der Waals surface area contributed by atoms with Gasteiger partial charge in [-0.3, -0.25) is 9.59 Å². The van der Waals surface area contributed by atoms with Crippen LogP contribution in [0.4, 0.5) is 0 Å². The predicted molar refractivity (Wildman–Crippen MR) is 58.6 cm³/mol. The Balaban J connectivity index is 4.53. The molecule has 0 saturated heterocycles. The highest BCUT2D eigenvalue weighted by atomic mass is 32.2. The number of carboxylic acid groups (broad SMARTS) is 2. The minimum absolute atomic E-state index is 0.0503. The zero-order valence-electron chi connectivity index (χ0n) is 9.50. The lowest BCUT2D eigenvalue weighted by Crippen LogP contribution is -2.48. The van der Waals surface area contributed by atoms with E-state index in [2.05, 4.69) is 4.72 Å². The smallest absolute Gasteiger partial charge is 0.322 e. The van der Waals surface area contributed by atoms with Crippen LogP contribution in [-0.2, 0) is 19.8 Å². The summed E-state index contributed by atoms with van der Waals surface area (Å²) in [6.45, 7) is 3.68. The van der Waals surface area contributed by atoms with E-state index in [9.17, 15) is 18.0 Å². The molecule has 0 aromatic rings. The summed E-state index contributed by atoms with van der Waals surface area (Å²) in [7, 11) is -4.01. The van der Waals surface area contributed by atoms with E-state index in [1.54, 1.807) is 18.6 Å². The van der Waals surface area contributed by atoms with E-state index in [1.165, 1.54) is 0 Å². The second kappa shape index (κ2) is 6.52. The molecule has 8 nitrogen and oxygen atoms in total. The van der Waals surface area contributed by atoms with E-state index in [0.717, 1.165) is 0 Å². The predicted octanol–water partition coefficient (Wildman–Crippen LogP) is -1.01. The summed E-state index contributed by atoms with van der Waals surface area (Å²) >= 11 is 0. The van der Waals surface area contributed by atoms with Crippen molar-refractivity contribution in [2.45, 2.75) is 26.3 Å². The monoisotopic (exact) mass is 268 g/mol. The number of rotatable bonds is 8. The Kier molecular flexibility index (Phi) is 6.07. The number of hydrogen-bond donors (Lipinski definition) is 4. The third kappa shape index (κ3) is 7.66. The van der Waals surface area contributed by atoms with Crippen LogP contribution in [0.5, 0.6) is 0 Å². The number of hydrogen-bond acceptors (Lipinski definition) is 4. The van der Waals surface area contributed by atoms with E-state index in [1.807, 2.05) is 0 Å². The molecule has 0 bridgehead atoms.